The summed E-state index contributed by atoms with van der Waals surface area (Å²) in [5.74, 6) is 0.219. The van der Waals surface area contributed by atoms with Crippen molar-refractivity contribution >= 4 is 5.78 Å². The van der Waals surface area contributed by atoms with Crippen molar-refractivity contribution in [2.24, 2.45) is 0 Å². The molecule has 0 saturated heterocycles. The molecule has 0 bridgehead atoms. The fourth-order valence-corrected chi connectivity index (χ4v) is 2.75. The Bertz CT molecular complexity index is 377. The zero-order chi connectivity index (χ0) is 12.8. The van der Waals surface area contributed by atoms with Gasteiger partial charge in [-0.2, -0.15) is 0 Å². The summed E-state index contributed by atoms with van der Waals surface area (Å²) in [7, 11) is 0. The van der Waals surface area contributed by atoms with Crippen molar-refractivity contribution in [1.82, 2.24) is 4.98 Å². The zero-order valence-electron chi connectivity index (χ0n) is 11.0. The van der Waals surface area contributed by atoms with Crippen LogP contribution in [0, 0.1) is 0 Å². The molecule has 0 aliphatic heterocycles. The van der Waals surface area contributed by atoms with Crippen molar-refractivity contribution in [2.75, 3.05) is 6.61 Å². The highest BCUT2D eigenvalue weighted by molar-refractivity contribution is 5.89. The number of pyridine rings is 1. The van der Waals surface area contributed by atoms with Gasteiger partial charge in [0.25, 0.3) is 0 Å². The Morgan fingerprint density at radius 2 is 2.17 bits per heavy atom. The molecule has 3 nitrogen and oxygen atoms in total. The van der Waals surface area contributed by atoms with Crippen LogP contribution in [0.25, 0.3) is 0 Å². The molecule has 1 aromatic rings. The molecule has 98 valence electrons. The third-order valence-electron chi connectivity index (χ3n) is 3.68. The van der Waals surface area contributed by atoms with E-state index in [1.807, 2.05) is 19.1 Å². The number of carbonyl (C=O) groups excluding carboxylic acids is 1. The topological polar surface area (TPSA) is 39.2 Å². The minimum Gasteiger partial charge on any atom is -0.367 e. The number of rotatable bonds is 5. The molecule has 0 radical (unpaired) electrons. The van der Waals surface area contributed by atoms with E-state index in [0.717, 1.165) is 31.2 Å². The van der Waals surface area contributed by atoms with Gasteiger partial charge < -0.3 is 4.74 Å². The van der Waals surface area contributed by atoms with Crippen LogP contribution in [-0.2, 0) is 16.0 Å². The second kappa shape index (κ2) is 6.10. The first-order chi connectivity index (χ1) is 8.77. The van der Waals surface area contributed by atoms with Gasteiger partial charge in [0, 0.05) is 25.4 Å². The predicted molar refractivity (Wildman–Crippen MR) is 70.4 cm³/mol. The molecule has 1 aliphatic carbocycles. The maximum Gasteiger partial charge on any atom is 0.169 e. The molecule has 1 fully saturated rings. The summed E-state index contributed by atoms with van der Waals surface area (Å²) in [5.41, 5.74) is 0.454. The Morgan fingerprint density at radius 1 is 1.39 bits per heavy atom. The van der Waals surface area contributed by atoms with Crippen LogP contribution in [0.2, 0.25) is 0 Å². The normalized spacial score (nSPS) is 18.5. The third-order valence-corrected chi connectivity index (χ3v) is 3.68. The van der Waals surface area contributed by atoms with Crippen LogP contribution in [0.15, 0.2) is 24.5 Å². The summed E-state index contributed by atoms with van der Waals surface area (Å²) in [6, 6.07) is 3.82. The zero-order valence-corrected chi connectivity index (χ0v) is 11.0. The monoisotopic (exact) mass is 247 g/mol. The highest BCUT2D eigenvalue weighted by atomic mass is 16.5. The minimum atomic E-state index is -0.525. The summed E-state index contributed by atoms with van der Waals surface area (Å²) in [6.07, 6.45) is 9.09. The van der Waals surface area contributed by atoms with Crippen LogP contribution in [-0.4, -0.2) is 23.0 Å². The first kappa shape index (κ1) is 13.2. The number of hydrogen-bond acceptors (Lipinski definition) is 3. The molecule has 0 spiro atoms. The quantitative estimate of drug-likeness (QED) is 0.803. The fourth-order valence-electron chi connectivity index (χ4n) is 2.75. The maximum absolute atomic E-state index is 12.5. The lowest BCUT2D eigenvalue weighted by Gasteiger charge is -2.35. The Labute approximate surface area is 109 Å². The van der Waals surface area contributed by atoms with Crippen molar-refractivity contribution in [2.45, 2.75) is 51.0 Å². The van der Waals surface area contributed by atoms with Crippen molar-refractivity contribution in [3.63, 3.8) is 0 Å². The average Bonchev–Trinajstić information content (AvgIpc) is 2.41. The molecular formula is C15H21NO2. The van der Waals surface area contributed by atoms with Crippen LogP contribution in [0.1, 0.15) is 44.6 Å². The van der Waals surface area contributed by atoms with Gasteiger partial charge in [-0.3, -0.25) is 9.78 Å². The first-order valence-corrected chi connectivity index (χ1v) is 6.83. The molecule has 3 heteroatoms. The Morgan fingerprint density at radius 3 is 2.78 bits per heavy atom. The second-order valence-electron chi connectivity index (χ2n) is 4.95. The average molecular weight is 247 g/mol. The van der Waals surface area contributed by atoms with E-state index in [-0.39, 0.29) is 5.78 Å². The van der Waals surface area contributed by atoms with Crippen LogP contribution in [0.3, 0.4) is 0 Å². The van der Waals surface area contributed by atoms with Gasteiger partial charge in [0.1, 0.15) is 5.60 Å². The standard InChI is InChI=1S/C15H21NO2/c1-2-18-15(8-4-3-5-9-15)14(17)11-13-7-6-10-16-12-13/h6-7,10,12H,2-5,8-9,11H2,1H3. The third kappa shape index (κ3) is 2.96. The molecule has 1 heterocycles. The van der Waals surface area contributed by atoms with Gasteiger partial charge in [-0.1, -0.05) is 25.3 Å². The summed E-state index contributed by atoms with van der Waals surface area (Å²) < 4.78 is 5.83. The van der Waals surface area contributed by atoms with E-state index in [4.69, 9.17) is 4.74 Å². The summed E-state index contributed by atoms with van der Waals surface area (Å²) in [4.78, 5) is 16.6. The molecule has 0 amide bonds. The van der Waals surface area contributed by atoms with Crippen LogP contribution in [0.4, 0.5) is 0 Å². The number of ketones is 1. The second-order valence-corrected chi connectivity index (χ2v) is 4.95. The lowest BCUT2D eigenvalue weighted by molar-refractivity contribution is -0.148. The SMILES string of the molecule is CCOC1(C(=O)Cc2cccnc2)CCCCC1. The molecule has 0 unspecified atom stereocenters. The van der Waals surface area contributed by atoms with Gasteiger partial charge in [-0.15, -0.1) is 0 Å². The minimum absolute atomic E-state index is 0.219. The molecule has 0 N–H and O–H groups in total. The molecule has 1 saturated carbocycles. The van der Waals surface area contributed by atoms with Gasteiger partial charge in [-0.25, -0.2) is 0 Å². The van der Waals surface area contributed by atoms with E-state index >= 15 is 0 Å². The van der Waals surface area contributed by atoms with E-state index in [1.165, 1.54) is 6.42 Å². The molecule has 1 aromatic heterocycles. The largest absolute Gasteiger partial charge is 0.367 e. The molecule has 2 rings (SSSR count). The molecular weight excluding hydrogens is 226 g/mol. The van der Waals surface area contributed by atoms with Gasteiger partial charge >= 0.3 is 0 Å². The fraction of sp³-hybridized carbons (Fsp3) is 0.600. The highest BCUT2D eigenvalue weighted by Crippen LogP contribution is 2.33. The van der Waals surface area contributed by atoms with Gasteiger partial charge in [0.05, 0.1) is 0 Å². The van der Waals surface area contributed by atoms with Crippen LogP contribution >= 0.6 is 0 Å². The smallest absolute Gasteiger partial charge is 0.169 e. The molecule has 0 aromatic carbocycles. The lowest BCUT2D eigenvalue weighted by atomic mass is 9.79. The molecule has 18 heavy (non-hydrogen) atoms. The number of carbonyl (C=O) groups is 1. The van der Waals surface area contributed by atoms with Crippen LogP contribution < -0.4 is 0 Å². The number of ether oxygens (including phenoxy) is 1. The Kier molecular flexibility index (Phi) is 4.48. The summed E-state index contributed by atoms with van der Waals surface area (Å²) in [5, 5.41) is 0. The lowest BCUT2D eigenvalue weighted by Crippen LogP contribution is -2.44. The van der Waals surface area contributed by atoms with Gasteiger partial charge in [0.15, 0.2) is 5.78 Å². The number of hydrogen-bond donors (Lipinski definition) is 0. The summed E-state index contributed by atoms with van der Waals surface area (Å²) >= 11 is 0. The van der Waals surface area contributed by atoms with E-state index in [0.29, 0.717) is 13.0 Å². The van der Waals surface area contributed by atoms with E-state index in [2.05, 4.69) is 4.98 Å². The molecule has 0 atom stereocenters. The Hall–Kier alpha value is -1.22. The number of aromatic nitrogens is 1. The van der Waals surface area contributed by atoms with E-state index < -0.39 is 5.60 Å². The van der Waals surface area contributed by atoms with Gasteiger partial charge in [-0.05, 0) is 31.4 Å². The highest BCUT2D eigenvalue weighted by Gasteiger charge is 2.39. The van der Waals surface area contributed by atoms with Crippen molar-refractivity contribution in [1.29, 1.82) is 0 Å². The summed E-state index contributed by atoms with van der Waals surface area (Å²) in [6.45, 7) is 2.58. The van der Waals surface area contributed by atoms with Crippen molar-refractivity contribution in [3.8, 4) is 0 Å². The number of Topliss-reactive ketones (excluding diaryl/α,β-unsaturated/α-hetero) is 1. The predicted octanol–water partition coefficient (Wildman–Crippen LogP) is 2.93. The van der Waals surface area contributed by atoms with Crippen LogP contribution in [0.5, 0.6) is 0 Å². The van der Waals surface area contributed by atoms with E-state index in [9.17, 15) is 4.79 Å². The first-order valence-electron chi connectivity index (χ1n) is 6.83. The Balaban J connectivity index is 2.08. The number of nitrogens with zero attached hydrogens (tertiary/aromatic N) is 1. The van der Waals surface area contributed by atoms with E-state index in [1.54, 1.807) is 12.4 Å². The molecule has 1 aliphatic rings. The van der Waals surface area contributed by atoms with Crippen molar-refractivity contribution < 1.29 is 9.53 Å². The van der Waals surface area contributed by atoms with Crippen molar-refractivity contribution in [3.05, 3.63) is 30.1 Å². The maximum atomic E-state index is 12.5. The van der Waals surface area contributed by atoms with Gasteiger partial charge in [0.2, 0.25) is 0 Å².